The fourth-order valence-corrected chi connectivity index (χ4v) is 2.51. The molecule has 3 heteroatoms. The highest BCUT2D eigenvalue weighted by atomic mass is 15.1. The van der Waals surface area contributed by atoms with Crippen molar-refractivity contribution in [1.29, 1.82) is 5.26 Å². The van der Waals surface area contributed by atoms with Gasteiger partial charge < -0.3 is 4.90 Å². The van der Waals surface area contributed by atoms with E-state index in [1.54, 1.807) is 0 Å². The Balaban J connectivity index is 4.04. The van der Waals surface area contributed by atoms with E-state index in [2.05, 4.69) is 50.9 Å². The van der Waals surface area contributed by atoms with Crippen molar-refractivity contribution in [3.05, 3.63) is 0 Å². The highest BCUT2D eigenvalue weighted by Crippen LogP contribution is 2.14. The van der Waals surface area contributed by atoms with Crippen LogP contribution in [-0.2, 0) is 0 Å². The fourth-order valence-electron chi connectivity index (χ4n) is 2.51. The molecule has 0 aromatic rings. The summed E-state index contributed by atoms with van der Waals surface area (Å²) in [6.07, 6.45) is 4.43. The third-order valence-electron chi connectivity index (χ3n) is 3.47. The number of hydrogen-bond acceptors (Lipinski definition) is 3. The molecule has 0 saturated heterocycles. The Bertz CT molecular complexity index is 268. The first-order valence-corrected chi connectivity index (χ1v) is 7.77. The molecule has 1 unspecified atom stereocenters. The van der Waals surface area contributed by atoms with E-state index in [9.17, 15) is 5.26 Å². The quantitative estimate of drug-likeness (QED) is 0.615. The second-order valence-corrected chi connectivity index (χ2v) is 6.33. The van der Waals surface area contributed by atoms with Gasteiger partial charge in [-0.2, -0.15) is 5.26 Å². The molecule has 0 aliphatic carbocycles. The van der Waals surface area contributed by atoms with Crippen molar-refractivity contribution >= 4 is 0 Å². The highest BCUT2D eigenvalue weighted by Gasteiger charge is 2.23. The fraction of sp³-hybridized carbons (Fsp3) is 0.938. The lowest BCUT2D eigenvalue weighted by molar-refractivity contribution is 0.214. The van der Waals surface area contributed by atoms with E-state index < -0.39 is 0 Å². The SMILES string of the molecule is CCCN(CCCCC(C)(C#N)NC(C)C)C(C)C. The van der Waals surface area contributed by atoms with E-state index in [1.165, 1.54) is 19.4 Å². The average molecular weight is 267 g/mol. The Kier molecular flexibility index (Phi) is 9.05. The lowest BCUT2D eigenvalue weighted by atomic mass is 9.95. The highest BCUT2D eigenvalue weighted by molar-refractivity contribution is 5.04. The molecule has 0 saturated carbocycles. The van der Waals surface area contributed by atoms with Crippen LogP contribution in [0.3, 0.4) is 0 Å². The predicted octanol–water partition coefficient (Wildman–Crippen LogP) is 3.56. The van der Waals surface area contributed by atoms with E-state index in [-0.39, 0.29) is 5.54 Å². The number of hydrogen-bond donors (Lipinski definition) is 1. The van der Waals surface area contributed by atoms with E-state index in [1.807, 2.05) is 6.92 Å². The molecule has 0 aromatic heterocycles. The van der Waals surface area contributed by atoms with Gasteiger partial charge in [-0.25, -0.2) is 0 Å². The Morgan fingerprint density at radius 3 is 2.21 bits per heavy atom. The summed E-state index contributed by atoms with van der Waals surface area (Å²) in [5.74, 6) is 0. The van der Waals surface area contributed by atoms with Crippen LogP contribution in [0, 0.1) is 11.3 Å². The van der Waals surface area contributed by atoms with Crippen molar-refractivity contribution in [2.24, 2.45) is 0 Å². The van der Waals surface area contributed by atoms with Gasteiger partial charge in [0.2, 0.25) is 0 Å². The van der Waals surface area contributed by atoms with Gasteiger partial charge in [0.1, 0.15) is 5.54 Å². The van der Waals surface area contributed by atoms with Gasteiger partial charge in [-0.15, -0.1) is 0 Å². The minimum absolute atomic E-state index is 0.358. The zero-order chi connectivity index (χ0) is 14.9. The average Bonchev–Trinajstić information content (AvgIpc) is 2.32. The van der Waals surface area contributed by atoms with Crippen molar-refractivity contribution < 1.29 is 0 Å². The van der Waals surface area contributed by atoms with Gasteiger partial charge in [0.25, 0.3) is 0 Å². The number of nitrogens with one attached hydrogen (secondary N) is 1. The first-order valence-electron chi connectivity index (χ1n) is 7.77. The van der Waals surface area contributed by atoms with E-state index in [4.69, 9.17) is 0 Å². The van der Waals surface area contributed by atoms with Crippen LogP contribution in [0.5, 0.6) is 0 Å². The molecule has 112 valence electrons. The van der Waals surface area contributed by atoms with Gasteiger partial charge in [0, 0.05) is 12.1 Å². The third-order valence-corrected chi connectivity index (χ3v) is 3.47. The molecule has 3 nitrogen and oxygen atoms in total. The molecule has 0 amide bonds. The Labute approximate surface area is 120 Å². The zero-order valence-electron chi connectivity index (χ0n) is 13.8. The summed E-state index contributed by atoms with van der Waals surface area (Å²) in [4.78, 5) is 2.53. The maximum atomic E-state index is 9.29. The van der Waals surface area contributed by atoms with E-state index in [0.717, 1.165) is 19.4 Å². The summed E-state index contributed by atoms with van der Waals surface area (Å²) in [5, 5.41) is 12.7. The van der Waals surface area contributed by atoms with Crippen LogP contribution in [0.15, 0.2) is 0 Å². The molecule has 0 heterocycles. The van der Waals surface area contributed by atoms with Crippen LogP contribution >= 0.6 is 0 Å². The molecule has 1 N–H and O–H groups in total. The number of unbranched alkanes of at least 4 members (excludes halogenated alkanes) is 1. The van der Waals surface area contributed by atoms with Crippen LogP contribution in [0.2, 0.25) is 0 Å². The molecular weight excluding hydrogens is 234 g/mol. The number of nitrogens with zero attached hydrogens (tertiary/aromatic N) is 2. The summed E-state index contributed by atoms with van der Waals surface area (Å²) in [6.45, 7) is 15.3. The van der Waals surface area contributed by atoms with Gasteiger partial charge in [-0.3, -0.25) is 5.32 Å². The van der Waals surface area contributed by atoms with Gasteiger partial charge in [0.15, 0.2) is 0 Å². The third kappa shape index (κ3) is 8.23. The largest absolute Gasteiger partial charge is 0.301 e. The molecule has 0 aliphatic rings. The molecule has 19 heavy (non-hydrogen) atoms. The molecule has 0 bridgehead atoms. The van der Waals surface area contributed by atoms with Crippen LogP contribution < -0.4 is 5.32 Å². The Morgan fingerprint density at radius 2 is 1.79 bits per heavy atom. The number of nitriles is 1. The predicted molar refractivity (Wildman–Crippen MR) is 83.1 cm³/mol. The van der Waals surface area contributed by atoms with Gasteiger partial charge in [-0.05, 0) is 73.4 Å². The molecule has 1 atom stereocenters. The van der Waals surface area contributed by atoms with Crippen molar-refractivity contribution in [3.63, 3.8) is 0 Å². The molecule has 0 aliphatic heterocycles. The van der Waals surface area contributed by atoms with Crippen molar-refractivity contribution in [1.82, 2.24) is 10.2 Å². The topological polar surface area (TPSA) is 39.1 Å². The van der Waals surface area contributed by atoms with Crippen LogP contribution in [-0.4, -0.2) is 35.6 Å². The molecular formula is C16H33N3. The standard InChI is InChI=1S/C16H33N3/c1-7-11-19(15(4)5)12-9-8-10-16(6,13-17)18-14(2)3/h14-15,18H,7-12H2,1-6H3. The summed E-state index contributed by atoms with van der Waals surface area (Å²) in [7, 11) is 0. The summed E-state index contributed by atoms with van der Waals surface area (Å²) < 4.78 is 0. The number of rotatable bonds is 10. The lowest BCUT2D eigenvalue weighted by Crippen LogP contribution is -2.45. The normalized spacial score (nSPS) is 14.9. The zero-order valence-corrected chi connectivity index (χ0v) is 13.8. The van der Waals surface area contributed by atoms with Crippen molar-refractivity contribution in [3.8, 4) is 6.07 Å². The van der Waals surface area contributed by atoms with E-state index >= 15 is 0 Å². The maximum absolute atomic E-state index is 9.29. The molecule has 0 fully saturated rings. The van der Waals surface area contributed by atoms with Gasteiger partial charge in [0.05, 0.1) is 6.07 Å². The van der Waals surface area contributed by atoms with Crippen LogP contribution in [0.4, 0.5) is 0 Å². The maximum Gasteiger partial charge on any atom is 0.104 e. The monoisotopic (exact) mass is 267 g/mol. The minimum atomic E-state index is -0.373. The molecule has 0 rings (SSSR count). The van der Waals surface area contributed by atoms with Crippen molar-refractivity contribution in [2.75, 3.05) is 13.1 Å². The first kappa shape index (κ1) is 18.4. The van der Waals surface area contributed by atoms with Gasteiger partial charge >= 0.3 is 0 Å². The van der Waals surface area contributed by atoms with E-state index in [0.29, 0.717) is 12.1 Å². The summed E-state index contributed by atoms with van der Waals surface area (Å²) in [5.41, 5.74) is -0.373. The van der Waals surface area contributed by atoms with Crippen molar-refractivity contribution in [2.45, 2.75) is 84.8 Å². The summed E-state index contributed by atoms with van der Waals surface area (Å²) >= 11 is 0. The van der Waals surface area contributed by atoms with Gasteiger partial charge in [-0.1, -0.05) is 6.92 Å². The van der Waals surface area contributed by atoms with Crippen LogP contribution in [0.1, 0.15) is 67.2 Å². The Hall–Kier alpha value is -0.590. The Morgan fingerprint density at radius 1 is 1.16 bits per heavy atom. The second kappa shape index (κ2) is 9.34. The molecule has 0 spiro atoms. The lowest BCUT2D eigenvalue weighted by Gasteiger charge is -2.28. The first-order chi connectivity index (χ1) is 8.84. The minimum Gasteiger partial charge on any atom is -0.301 e. The van der Waals surface area contributed by atoms with Crippen LogP contribution in [0.25, 0.3) is 0 Å². The smallest absolute Gasteiger partial charge is 0.104 e. The summed E-state index contributed by atoms with van der Waals surface area (Å²) in [6, 6.07) is 3.40. The second-order valence-electron chi connectivity index (χ2n) is 6.33. The molecule has 0 aromatic carbocycles. The molecule has 0 radical (unpaired) electrons.